The zero-order valence-corrected chi connectivity index (χ0v) is 4.14. The maximum Gasteiger partial charge on any atom is 1.00 e. The van der Waals surface area contributed by atoms with E-state index in [1.807, 2.05) is 0 Å². The van der Waals surface area contributed by atoms with Crippen LogP contribution < -0.4 is 0 Å². The summed E-state index contributed by atoms with van der Waals surface area (Å²) in [5, 5.41) is 14.8. The summed E-state index contributed by atoms with van der Waals surface area (Å²) in [5.74, 6) is 0. The second-order valence-corrected chi connectivity index (χ2v) is 0.224. The number of hydrogen-bond acceptors (Lipinski definition) is 3. The van der Waals surface area contributed by atoms with E-state index in [4.69, 9.17) is 15.3 Å². The van der Waals surface area contributed by atoms with Crippen LogP contribution in [0.5, 0.6) is 0 Å². The van der Waals surface area contributed by atoms with E-state index in [9.17, 15) is 0 Å². The first-order valence-corrected chi connectivity index (χ1v) is 0.548. The standard InChI is InChI=1S/Au.NO3/c;2-1(3)4/q+1;-1. The summed E-state index contributed by atoms with van der Waals surface area (Å²) in [6.07, 6.45) is 0. The third-order valence-electron chi connectivity index (χ3n) is 0. The third-order valence-corrected chi connectivity index (χ3v) is 0. The van der Waals surface area contributed by atoms with Crippen LogP contribution >= 0.6 is 0 Å². The van der Waals surface area contributed by atoms with Crippen LogP contribution in [0.3, 0.4) is 0 Å². The van der Waals surface area contributed by atoms with Crippen molar-refractivity contribution in [2.75, 3.05) is 0 Å². The minimum Gasteiger partial charge on any atom is -0.356 e. The fourth-order valence-electron chi connectivity index (χ4n) is 0. The van der Waals surface area contributed by atoms with Gasteiger partial charge in [-0.05, 0) is 0 Å². The minimum absolute atomic E-state index is 0. The van der Waals surface area contributed by atoms with Crippen molar-refractivity contribution < 1.29 is 27.5 Å². The first kappa shape index (κ1) is 8.87. The molecule has 0 unspecified atom stereocenters. The average Bonchev–Trinajstić information content (AvgIpc) is 0.811. The van der Waals surface area contributed by atoms with Crippen molar-refractivity contribution in [1.29, 1.82) is 0 Å². The molecular formula is AuNO3. The molecule has 5 heteroatoms. The maximum absolute atomic E-state index is 8.25. The monoisotopic (exact) mass is 259 g/mol. The van der Waals surface area contributed by atoms with Crippen LogP contribution in [-0.4, -0.2) is 5.09 Å². The van der Waals surface area contributed by atoms with Crippen molar-refractivity contribution >= 4 is 0 Å². The van der Waals surface area contributed by atoms with Gasteiger partial charge in [0, 0.05) is 0 Å². The summed E-state index contributed by atoms with van der Waals surface area (Å²) in [4.78, 5) is 8.25. The molecule has 0 aromatic carbocycles. The minimum atomic E-state index is -1.75. The molecule has 0 saturated carbocycles. The molecule has 0 aliphatic rings. The number of hydrogen-bond donors (Lipinski definition) is 0. The predicted molar refractivity (Wildman–Crippen MR) is 10.4 cm³/mol. The molecule has 0 radical (unpaired) electrons. The van der Waals surface area contributed by atoms with Crippen molar-refractivity contribution in [3.05, 3.63) is 15.3 Å². The third kappa shape index (κ3) is 4160. The van der Waals surface area contributed by atoms with Crippen molar-refractivity contribution in [3.63, 3.8) is 0 Å². The zero-order valence-electron chi connectivity index (χ0n) is 1.97. The van der Waals surface area contributed by atoms with Crippen LogP contribution in [-0.2, 0) is 22.4 Å². The van der Waals surface area contributed by atoms with Gasteiger partial charge in [0.25, 0.3) is 0 Å². The van der Waals surface area contributed by atoms with E-state index in [1.165, 1.54) is 0 Å². The van der Waals surface area contributed by atoms with Gasteiger partial charge in [-0.2, -0.15) is 0 Å². The van der Waals surface area contributed by atoms with Gasteiger partial charge in [-0.3, -0.25) is 0 Å². The Balaban J connectivity index is 0. The molecule has 0 N–H and O–H groups in total. The van der Waals surface area contributed by atoms with Crippen LogP contribution in [0, 0.1) is 15.3 Å². The van der Waals surface area contributed by atoms with E-state index in [-0.39, 0.29) is 22.4 Å². The normalized spacial score (nSPS) is 4.80. The van der Waals surface area contributed by atoms with E-state index < -0.39 is 5.09 Å². The number of rotatable bonds is 0. The van der Waals surface area contributed by atoms with Crippen molar-refractivity contribution in [3.8, 4) is 0 Å². The topological polar surface area (TPSA) is 66.2 Å². The molecule has 0 aromatic heterocycles. The molecule has 0 saturated heterocycles. The summed E-state index contributed by atoms with van der Waals surface area (Å²) in [6.45, 7) is 0. The Morgan fingerprint density at radius 1 is 1.40 bits per heavy atom. The molecular weight excluding hydrogens is 259 g/mol. The molecule has 4 nitrogen and oxygen atoms in total. The van der Waals surface area contributed by atoms with Gasteiger partial charge >= 0.3 is 22.4 Å². The Morgan fingerprint density at radius 2 is 1.40 bits per heavy atom. The van der Waals surface area contributed by atoms with Gasteiger partial charge in [0.05, 0.1) is 5.09 Å². The maximum atomic E-state index is 8.25. The summed E-state index contributed by atoms with van der Waals surface area (Å²) >= 11 is 0. The van der Waals surface area contributed by atoms with Crippen LogP contribution in [0.25, 0.3) is 0 Å². The van der Waals surface area contributed by atoms with Crippen LogP contribution in [0.2, 0.25) is 0 Å². The Hall–Kier alpha value is -0.0597. The summed E-state index contributed by atoms with van der Waals surface area (Å²) < 4.78 is 0. The Bertz CT molecular complexity index is 29.9. The molecule has 0 amide bonds. The van der Waals surface area contributed by atoms with E-state index in [2.05, 4.69) is 0 Å². The molecule has 0 atom stereocenters. The summed E-state index contributed by atoms with van der Waals surface area (Å²) in [5.41, 5.74) is 0. The molecule has 5 heavy (non-hydrogen) atoms. The first-order valence-electron chi connectivity index (χ1n) is 0.548. The summed E-state index contributed by atoms with van der Waals surface area (Å²) in [6, 6.07) is 0. The second kappa shape index (κ2) is 3.94. The van der Waals surface area contributed by atoms with Crippen LogP contribution in [0.4, 0.5) is 0 Å². The van der Waals surface area contributed by atoms with E-state index in [1.54, 1.807) is 0 Å². The van der Waals surface area contributed by atoms with Gasteiger partial charge < -0.3 is 15.3 Å². The Kier molecular flexibility index (Phi) is 6.99. The largest absolute Gasteiger partial charge is 1.00 e. The Labute approximate surface area is 43.4 Å². The molecule has 0 aliphatic carbocycles. The molecule has 0 aliphatic heterocycles. The molecule has 0 heterocycles. The van der Waals surface area contributed by atoms with Gasteiger partial charge in [-0.15, -0.1) is 0 Å². The van der Waals surface area contributed by atoms with Crippen molar-refractivity contribution in [2.24, 2.45) is 0 Å². The van der Waals surface area contributed by atoms with Gasteiger partial charge in [-0.25, -0.2) is 0 Å². The molecule has 0 fully saturated rings. The molecule has 0 bridgehead atoms. The zero-order chi connectivity index (χ0) is 3.58. The van der Waals surface area contributed by atoms with Gasteiger partial charge in [0.15, 0.2) is 0 Å². The van der Waals surface area contributed by atoms with Crippen LogP contribution in [0.15, 0.2) is 0 Å². The molecule has 0 spiro atoms. The fraction of sp³-hybridized carbons (Fsp3) is 0. The van der Waals surface area contributed by atoms with Gasteiger partial charge in [0.2, 0.25) is 0 Å². The Morgan fingerprint density at radius 3 is 1.40 bits per heavy atom. The van der Waals surface area contributed by atoms with Gasteiger partial charge in [0.1, 0.15) is 0 Å². The number of nitrogens with zero attached hydrogens (tertiary/aromatic N) is 1. The van der Waals surface area contributed by atoms with Gasteiger partial charge in [-0.1, -0.05) is 0 Å². The van der Waals surface area contributed by atoms with Crippen molar-refractivity contribution in [1.82, 2.24) is 0 Å². The van der Waals surface area contributed by atoms with Crippen molar-refractivity contribution in [2.45, 2.75) is 0 Å². The fourth-order valence-corrected chi connectivity index (χ4v) is 0. The van der Waals surface area contributed by atoms with E-state index >= 15 is 0 Å². The SMILES string of the molecule is O=[N+]([O-])[O-].[Au+]. The summed E-state index contributed by atoms with van der Waals surface area (Å²) in [7, 11) is 0. The predicted octanol–water partition coefficient (Wildman–Crippen LogP) is -0.242. The smallest absolute Gasteiger partial charge is 0.356 e. The van der Waals surface area contributed by atoms with Crippen LogP contribution in [0.1, 0.15) is 0 Å². The molecule has 0 aromatic rings. The molecule has 34 valence electrons. The first-order chi connectivity index (χ1) is 1.73. The quantitative estimate of drug-likeness (QED) is 0.342. The average molecular weight is 259 g/mol. The van der Waals surface area contributed by atoms with E-state index in [0.29, 0.717) is 0 Å². The van der Waals surface area contributed by atoms with E-state index in [0.717, 1.165) is 0 Å². The molecule has 0 rings (SSSR count). The second-order valence-electron chi connectivity index (χ2n) is 0.224.